The molecule has 0 bridgehead atoms. The molecule has 2 rings (SSSR count). The number of alkyl halides is 1. The Morgan fingerprint density at radius 3 is 2.42 bits per heavy atom. The van der Waals surface area contributed by atoms with Crippen molar-refractivity contribution in [2.45, 2.75) is 13.8 Å². The summed E-state index contributed by atoms with van der Waals surface area (Å²) in [7, 11) is 0. The van der Waals surface area contributed by atoms with E-state index >= 15 is 0 Å². The van der Waals surface area contributed by atoms with Crippen molar-refractivity contribution in [2.75, 3.05) is 11.9 Å². The van der Waals surface area contributed by atoms with E-state index in [1.54, 1.807) is 0 Å². The van der Waals surface area contributed by atoms with Gasteiger partial charge in [-0.1, -0.05) is 57.8 Å². The highest BCUT2D eigenvalue weighted by Gasteiger charge is 2.12. The van der Waals surface area contributed by atoms with Crippen LogP contribution in [0.4, 0.5) is 0 Å². The molecule has 0 fully saturated rings. The Morgan fingerprint density at radius 1 is 1.05 bits per heavy atom. The Bertz CT molecular complexity index is 551. The summed E-state index contributed by atoms with van der Waals surface area (Å²) in [4.78, 5) is 0. The molecule has 0 aliphatic carbocycles. The lowest BCUT2D eigenvalue weighted by molar-refractivity contribution is 0.228. The summed E-state index contributed by atoms with van der Waals surface area (Å²) in [6, 6.07) is 12.5. The number of hydrogen-bond donors (Lipinski definition) is 0. The van der Waals surface area contributed by atoms with Crippen LogP contribution in [0, 0.1) is 11.8 Å². The second kappa shape index (κ2) is 6.76. The molecule has 0 N–H and O–H groups in total. The minimum Gasteiger partial charge on any atom is -0.493 e. The summed E-state index contributed by atoms with van der Waals surface area (Å²) >= 11 is 7.04. The summed E-state index contributed by atoms with van der Waals surface area (Å²) < 4.78 is 7.02. The van der Waals surface area contributed by atoms with E-state index < -0.39 is 0 Å². The quantitative estimate of drug-likeness (QED) is 0.604. The highest BCUT2D eigenvalue weighted by Crippen LogP contribution is 2.25. The third kappa shape index (κ3) is 3.96. The van der Waals surface area contributed by atoms with Crippen molar-refractivity contribution < 1.29 is 4.74 Å². The predicted octanol–water partition coefficient (Wildman–Crippen LogP) is 5.65. The van der Waals surface area contributed by atoms with Crippen molar-refractivity contribution >= 4 is 42.6 Å². The van der Waals surface area contributed by atoms with Gasteiger partial charge in [0.05, 0.1) is 6.61 Å². The van der Waals surface area contributed by atoms with E-state index in [9.17, 15) is 0 Å². The first-order valence-corrected chi connectivity index (χ1v) is 8.39. The molecule has 0 saturated carbocycles. The zero-order valence-corrected chi connectivity index (χ0v) is 14.4. The van der Waals surface area contributed by atoms with Crippen LogP contribution in [-0.4, -0.2) is 11.9 Å². The molecule has 0 aliphatic heterocycles. The number of rotatable bonds is 5. The molecule has 0 spiro atoms. The lowest BCUT2D eigenvalue weighted by Crippen LogP contribution is -2.19. The van der Waals surface area contributed by atoms with E-state index in [0.29, 0.717) is 11.8 Å². The molecule has 19 heavy (non-hydrogen) atoms. The van der Waals surface area contributed by atoms with Crippen LogP contribution in [-0.2, 0) is 0 Å². The molecule has 1 atom stereocenters. The molecule has 2 aromatic rings. The third-order valence-corrected chi connectivity index (χ3v) is 4.70. The van der Waals surface area contributed by atoms with Crippen molar-refractivity contribution in [3.63, 3.8) is 0 Å². The van der Waals surface area contributed by atoms with Crippen LogP contribution in [0.1, 0.15) is 13.8 Å². The molecule has 0 heterocycles. The Kier molecular flexibility index (Phi) is 5.28. The van der Waals surface area contributed by atoms with Crippen LogP contribution in [0.5, 0.6) is 5.75 Å². The van der Waals surface area contributed by atoms with Crippen LogP contribution in [0.25, 0.3) is 10.8 Å². The monoisotopic (exact) mass is 384 g/mol. The van der Waals surface area contributed by atoms with E-state index in [4.69, 9.17) is 4.74 Å². The fourth-order valence-corrected chi connectivity index (χ4v) is 3.22. The van der Waals surface area contributed by atoms with Crippen LogP contribution in [0.15, 0.2) is 40.9 Å². The Balaban J connectivity index is 2.11. The van der Waals surface area contributed by atoms with E-state index in [-0.39, 0.29) is 0 Å². The van der Waals surface area contributed by atoms with Gasteiger partial charge in [-0.15, -0.1) is 0 Å². The Hall–Kier alpha value is -0.540. The molecule has 2 aromatic carbocycles. The van der Waals surface area contributed by atoms with Crippen molar-refractivity contribution in [1.29, 1.82) is 0 Å². The number of ether oxygens (including phenoxy) is 1. The third-order valence-electron chi connectivity index (χ3n) is 3.38. The lowest BCUT2D eigenvalue weighted by atomic mass is 9.99. The number of benzene rings is 2. The van der Waals surface area contributed by atoms with E-state index in [0.717, 1.165) is 22.2 Å². The van der Waals surface area contributed by atoms with Gasteiger partial charge in [-0.25, -0.2) is 0 Å². The molecule has 0 aliphatic rings. The first-order valence-electron chi connectivity index (χ1n) is 6.48. The van der Waals surface area contributed by atoms with E-state index in [2.05, 4.69) is 76.0 Å². The van der Waals surface area contributed by atoms with Crippen molar-refractivity contribution in [3.8, 4) is 5.75 Å². The standard InChI is InChI=1S/C16H18Br2O/c1-11(2)14(9-17)10-19-16-6-4-12-7-15(18)5-3-13(12)8-16/h3-8,11,14H,9-10H2,1-2H3. The van der Waals surface area contributed by atoms with Gasteiger partial charge in [-0.05, 0) is 41.0 Å². The molecule has 0 aromatic heterocycles. The van der Waals surface area contributed by atoms with Crippen LogP contribution in [0.3, 0.4) is 0 Å². The fourth-order valence-electron chi connectivity index (χ4n) is 1.90. The maximum atomic E-state index is 5.92. The SMILES string of the molecule is CC(C)C(CBr)COc1ccc2cc(Br)ccc2c1. The van der Waals surface area contributed by atoms with Crippen LogP contribution in [0.2, 0.25) is 0 Å². The van der Waals surface area contributed by atoms with Gasteiger partial charge in [-0.3, -0.25) is 0 Å². The molecule has 1 unspecified atom stereocenters. The largest absolute Gasteiger partial charge is 0.493 e. The smallest absolute Gasteiger partial charge is 0.119 e. The average molecular weight is 386 g/mol. The van der Waals surface area contributed by atoms with Gasteiger partial charge in [0.1, 0.15) is 5.75 Å². The maximum Gasteiger partial charge on any atom is 0.119 e. The summed E-state index contributed by atoms with van der Waals surface area (Å²) in [5, 5.41) is 3.41. The predicted molar refractivity (Wildman–Crippen MR) is 89.3 cm³/mol. The van der Waals surface area contributed by atoms with E-state index in [1.165, 1.54) is 10.8 Å². The molecule has 1 nitrogen and oxygen atoms in total. The molecule has 0 radical (unpaired) electrons. The van der Waals surface area contributed by atoms with Crippen molar-refractivity contribution in [1.82, 2.24) is 0 Å². The highest BCUT2D eigenvalue weighted by molar-refractivity contribution is 9.10. The summed E-state index contributed by atoms with van der Waals surface area (Å²) in [6.45, 7) is 5.21. The van der Waals surface area contributed by atoms with Crippen LogP contribution >= 0.6 is 31.9 Å². The second-order valence-electron chi connectivity index (χ2n) is 5.12. The minimum atomic E-state index is 0.542. The van der Waals surface area contributed by atoms with Gasteiger partial charge >= 0.3 is 0 Å². The molecular formula is C16H18Br2O. The van der Waals surface area contributed by atoms with Crippen molar-refractivity contribution in [3.05, 3.63) is 40.9 Å². The van der Waals surface area contributed by atoms with E-state index in [1.807, 2.05) is 6.07 Å². The second-order valence-corrected chi connectivity index (χ2v) is 6.69. The first kappa shape index (κ1) is 14.9. The molecule has 102 valence electrons. The summed E-state index contributed by atoms with van der Waals surface area (Å²) in [6.07, 6.45) is 0. The topological polar surface area (TPSA) is 9.23 Å². The highest BCUT2D eigenvalue weighted by atomic mass is 79.9. The van der Waals surface area contributed by atoms with Gasteiger partial charge in [-0.2, -0.15) is 0 Å². The van der Waals surface area contributed by atoms with Crippen molar-refractivity contribution in [2.24, 2.45) is 11.8 Å². The minimum absolute atomic E-state index is 0.542. The molecule has 0 amide bonds. The van der Waals surface area contributed by atoms with Gasteiger partial charge < -0.3 is 4.74 Å². The average Bonchev–Trinajstić information content (AvgIpc) is 2.39. The fraction of sp³-hybridized carbons (Fsp3) is 0.375. The van der Waals surface area contributed by atoms with Gasteiger partial charge in [0, 0.05) is 15.7 Å². The zero-order valence-electron chi connectivity index (χ0n) is 11.2. The summed E-state index contributed by atoms with van der Waals surface area (Å²) in [5.41, 5.74) is 0. The molecule has 0 saturated heterocycles. The van der Waals surface area contributed by atoms with Crippen LogP contribution < -0.4 is 4.74 Å². The lowest BCUT2D eigenvalue weighted by Gasteiger charge is -2.18. The number of halogens is 2. The van der Waals surface area contributed by atoms with Gasteiger partial charge in [0.2, 0.25) is 0 Å². The first-order chi connectivity index (χ1) is 9.10. The normalized spacial score (nSPS) is 12.9. The zero-order chi connectivity index (χ0) is 13.8. The molecule has 3 heteroatoms. The Morgan fingerprint density at radius 2 is 1.74 bits per heavy atom. The van der Waals surface area contributed by atoms with Gasteiger partial charge in [0.15, 0.2) is 0 Å². The Labute approximate surface area is 131 Å². The van der Waals surface area contributed by atoms with Gasteiger partial charge in [0.25, 0.3) is 0 Å². The number of fused-ring (bicyclic) bond motifs is 1. The number of hydrogen-bond acceptors (Lipinski definition) is 1. The molecular weight excluding hydrogens is 368 g/mol. The summed E-state index contributed by atoms with van der Waals surface area (Å²) in [5.74, 6) is 2.11. The maximum absolute atomic E-state index is 5.92.